The van der Waals surface area contributed by atoms with Gasteiger partial charge in [-0.2, -0.15) is 0 Å². The number of aromatic nitrogens is 1. The average molecular weight is 223 g/mol. The fourth-order valence-corrected chi connectivity index (χ4v) is 1.82. The Hall–Kier alpha value is -1.35. The molecule has 0 unspecified atom stereocenters. The van der Waals surface area contributed by atoms with Crippen LogP contribution in [0.4, 0.5) is 5.82 Å². The van der Waals surface area contributed by atoms with Crippen molar-refractivity contribution in [2.45, 2.75) is 19.3 Å². The van der Waals surface area contributed by atoms with Crippen LogP contribution < -0.4 is 5.73 Å². The molecule has 0 saturated carbocycles. The van der Waals surface area contributed by atoms with Crippen molar-refractivity contribution in [3.05, 3.63) is 28.9 Å². The van der Waals surface area contributed by atoms with E-state index in [-0.39, 0.29) is 5.78 Å². The Morgan fingerprint density at radius 1 is 1.40 bits per heavy atom. The molecule has 1 aromatic rings. The Balaban J connectivity index is 2.37. The van der Waals surface area contributed by atoms with E-state index in [1.165, 1.54) is 6.20 Å². The summed E-state index contributed by atoms with van der Waals surface area (Å²) in [7, 11) is 0. The summed E-state index contributed by atoms with van der Waals surface area (Å²) < 4.78 is 0. The van der Waals surface area contributed by atoms with Crippen molar-refractivity contribution in [1.82, 2.24) is 4.98 Å². The number of nitrogen functional groups attached to an aromatic ring is 1. The average Bonchev–Trinajstić information content (AvgIpc) is 2.23. The lowest BCUT2D eigenvalue weighted by molar-refractivity contribution is -0.118. The summed E-state index contributed by atoms with van der Waals surface area (Å²) in [5.74, 6) is 0.743. The van der Waals surface area contributed by atoms with Crippen LogP contribution in [0.1, 0.15) is 24.8 Å². The molecule has 0 amide bonds. The molecule has 0 aromatic carbocycles. The van der Waals surface area contributed by atoms with E-state index in [0.717, 1.165) is 17.6 Å². The van der Waals surface area contributed by atoms with Crippen LogP contribution in [0, 0.1) is 0 Å². The normalized spacial score (nSPS) is 16.3. The van der Waals surface area contributed by atoms with Crippen LogP contribution in [0.5, 0.6) is 0 Å². The highest BCUT2D eigenvalue weighted by Crippen LogP contribution is 2.29. The van der Waals surface area contributed by atoms with E-state index in [2.05, 4.69) is 4.98 Å². The molecule has 0 spiro atoms. The molecule has 0 aliphatic heterocycles. The van der Waals surface area contributed by atoms with Crippen LogP contribution >= 0.6 is 11.6 Å². The molecule has 1 aliphatic rings. The molecule has 0 saturated heterocycles. The summed E-state index contributed by atoms with van der Waals surface area (Å²) in [6.45, 7) is 0. The second kappa shape index (κ2) is 4.03. The van der Waals surface area contributed by atoms with Gasteiger partial charge in [-0.15, -0.1) is 0 Å². The fraction of sp³-hybridized carbons (Fsp3) is 0.273. The molecule has 4 heteroatoms. The van der Waals surface area contributed by atoms with Gasteiger partial charge >= 0.3 is 0 Å². The lowest BCUT2D eigenvalue weighted by atomic mass is 9.93. The second-order valence-corrected chi connectivity index (χ2v) is 3.99. The highest BCUT2D eigenvalue weighted by molar-refractivity contribution is 6.30. The summed E-state index contributed by atoms with van der Waals surface area (Å²) >= 11 is 5.85. The molecule has 1 aliphatic carbocycles. The zero-order valence-corrected chi connectivity index (χ0v) is 8.92. The maximum atomic E-state index is 11.1. The Labute approximate surface area is 92.9 Å². The number of pyridine rings is 1. The van der Waals surface area contributed by atoms with Crippen molar-refractivity contribution >= 4 is 28.8 Å². The molecule has 2 N–H and O–H groups in total. The summed E-state index contributed by atoms with van der Waals surface area (Å²) in [5.41, 5.74) is 7.69. The largest absolute Gasteiger partial charge is 0.383 e. The first-order valence-corrected chi connectivity index (χ1v) is 5.17. The first kappa shape index (κ1) is 10.2. The number of halogens is 1. The van der Waals surface area contributed by atoms with Crippen molar-refractivity contribution < 1.29 is 4.79 Å². The van der Waals surface area contributed by atoms with E-state index in [9.17, 15) is 4.79 Å². The number of allylic oxidation sites excluding steroid dienone is 2. The van der Waals surface area contributed by atoms with Gasteiger partial charge < -0.3 is 5.73 Å². The number of anilines is 1. The second-order valence-electron chi connectivity index (χ2n) is 3.56. The van der Waals surface area contributed by atoms with Crippen LogP contribution in [-0.4, -0.2) is 10.8 Å². The third-order valence-corrected chi connectivity index (χ3v) is 2.69. The maximum absolute atomic E-state index is 11.1. The first-order chi connectivity index (χ1) is 7.16. The van der Waals surface area contributed by atoms with Crippen molar-refractivity contribution in [2.24, 2.45) is 0 Å². The van der Waals surface area contributed by atoms with Gasteiger partial charge in [-0.05, 0) is 18.1 Å². The number of carbonyl (C=O) groups excluding carboxylic acids is 1. The van der Waals surface area contributed by atoms with Gasteiger partial charge in [0.2, 0.25) is 0 Å². The van der Waals surface area contributed by atoms with Crippen LogP contribution in [-0.2, 0) is 4.79 Å². The highest BCUT2D eigenvalue weighted by Gasteiger charge is 2.14. The first-order valence-electron chi connectivity index (χ1n) is 4.79. The van der Waals surface area contributed by atoms with Crippen molar-refractivity contribution in [3.63, 3.8) is 0 Å². The van der Waals surface area contributed by atoms with Crippen LogP contribution in [0.15, 0.2) is 18.3 Å². The lowest BCUT2D eigenvalue weighted by Crippen LogP contribution is -2.05. The standard InChI is InChI=1S/C11H11ClN2O/c12-8-5-10(11(13)14-6-8)7-1-3-9(15)4-2-7/h1,5-6H,2-4H2,(H2,13,14). The number of hydrogen-bond acceptors (Lipinski definition) is 3. The molecule has 0 atom stereocenters. The molecule has 2 rings (SSSR count). The molecule has 1 heterocycles. The van der Waals surface area contributed by atoms with Gasteiger partial charge in [0.15, 0.2) is 0 Å². The van der Waals surface area contributed by atoms with Gasteiger partial charge in [0.05, 0.1) is 5.02 Å². The zero-order valence-electron chi connectivity index (χ0n) is 8.16. The third-order valence-electron chi connectivity index (χ3n) is 2.48. The molecule has 3 nitrogen and oxygen atoms in total. The van der Waals surface area contributed by atoms with E-state index in [1.54, 1.807) is 6.07 Å². The number of carbonyl (C=O) groups is 1. The smallest absolute Gasteiger partial charge is 0.137 e. The minimum absolute atomic E-state index is 0.271. The molecular weight excluding hydrogens is 212 g/mol. The molecule has 78 valence electrons. The van der Waals surface area contributed by atoms with Crippen molar-refractivity contribution in [1.29, 1.82) is 0 Å². The van der Waals surface area contributed by atoms with E-state index < -0.39 is 0 Å². The molecule has 0 radical (unpaired) electrons. The van der Waals surface area contributed by atoms with Crippen LogP contribution in [0.3, 0.4) is 0 Å². The monoisotopic (exact) mass is 222 g/mol. The Morgan fingerprint density at radius 2 is 2.20 bits per heavy atom. The summed E-state index contributed by atoms with van der Waals surface area (Å²) in [6, 6.07) is 1.80. The number of nitrogens with zero attached hydrogens (tertiary/aromatic N) is 1. The number of nitrogens with two attached hydrogens (primary N) is 1. The van der Waals surface area contributed by atoms with Crippen molar-refractivity contribution in [3.8, 4) is 0 Å². The maximum Gasteiger partial charge on any atom is 0.137 e. The third kappa shape index (κ3) is 2.18. The molecule has 15 heavy (non-hydrogen) atoms. The lowest BCUT2D eigenvalue weighted by Gasteiger charge is -2.13. The zero-order chi connectivity index (χ0) is 10.8. The summed E-state index contributed by atoms with van der Waals surface area (Å²) in [5, 5.41) is 0.567. The highest BCUT2D eigenvalue weighted by atomic mass is 35.5. The molecule has 1 aromatic heterocycles. The molecule has 0 bridgehead atoms. The molecule has 0 fully saturated rings. The van der Waals surface area contributed by atoms with Gasteiger partial charge in [-0.1, -0.05) is 17.7 Å². The van der Waals surface area contributed by atoms with E-state index in [0.29, 0.717) is 23.7 Å². The number of ketones is 1. The predicted molar refractivity (Wildman–Crippen MR) is 60.5 cm³/mol. The summed E-state index contributed by atoms with van der Waals surface area (Å²) in [4.78, 5) is 15.1. The quantitative estimate of drug-likeness (QED) is 0.794. The minimum atomic E-state index is 0.271. The number of rotatable bonds is 1. The fourth-order valence-electron chi connectivity index (χ4n) is 1.67. The van der Waals surface area contributed by atoms with Crippen molar-refractivity contribution in [2.75, 3.05) is 5.73 Å². The van der Waals surface area contributed by atoms with Crippen LogP contribution in [0.2, 0.25) is 5.02 Å². The van der Waals surface area contributed by atoms with Gasteiger partial charge in [-0.25, -0.2) is 4.98 Å². The van der Waals surface area contributed by atoms with Gasteiger partial charge in [0.1, 0.15) is 11.6 Å². The summed E-state index contributed by atoms with van der Waals surface area (Å²) in [6.07, 6.45) is 5.23. The Morgan fingerprint density at radius 3 is 2.87 bits per heavy atom. The predicted octanol–water partition coefficient (Wildman–Crippen LogP) is 2.45. The van der Waals surface area contributed by atoms with E-state index in [1.807, 2.05) is 6.08 Å². The van der Waals surface area contributed by atoms with E-state index >= 15 is 0 Å². The Bertz CT molecular complexity index is 440. The molecular formula is C11H11ClN2O. The number of hydrogen-bond donors (Lipinski definition) is 1. The minimum Gasteiger partial charge on any atom is -0.383 e. The van der Waals surface area contributed by atoms with Gasteiger partial charge in [0.25, 0.3) is 0 Å². The van der Waals surface area contributed by atoms with E-state index in [4.69, 9.17) is 17.3 Å². The SMILES string of the molecule is Nc1ncc(Cl)cc1C1=CCC(=O)CC1. The number of Topliss-reactive ketones (excluding diaryl/α,β-unsaturated/α-hetero) is 1. The van der Waals surface area contributed by atoms with Gasteiger partial charge in [0, 0.05) is 24.6 Å². The van der Waals surface area contributed by atoms with Gasteiger partial charge in [-0.3, -0.25) is 4.79 Å². The van der Waals surface area contributed by atoms with Crippen LogP contribution in [0.25, 0.3) is 5.57 Å². The Kier molecular flexibility index (Phi) is 2.73. The topological polar surface area (TPSA) is 56.0 Å².